The predicted molar refractivity (Wildman–Crippen MR) is 153 cm³/mol. The number of hydrogen-bond donors (Lipinski definition) is 1. The van der Waals surface area contributed by atoms with Crippen molar-refractivity contribution >= 4 is 28.9 Å². The lowest BCUT2D eigenvalue weighted by Crippen LogP contribution is -2.56. The first-order chi connectivity index (χ1) is 20.3. The molecule has 12 heteroatoms. The van der Waals surface area contributed by atoms with Gasteiger partial charge >= 0.3 is 6.18 Å². The Morgan fingerprint density at radius 3 is 2.62 bits per heavy atom. The number of halogens is 4. The molecule has 6 rings (SSSR count). The van der Waals surface area contributed by atoms with Crippen LogP contribution in [0.25, 0.3) is 22.5 Å². The fraction of sp³-hybridized carbons (Fsp3) is 0.300. The van der Waals surface area contributed by atoms with E-state index in [0.717, 1.165) is 6.08 Å². The predicted octanol–water partition coefficient (Wildman–Crippen LogP) is 6.84. The molecule has 0 unspecified atom stereocenters. The Labute approximate surface area is 243 Å². The molecule has 0 radical (unpaired) electrons. The Bertz CT molecular complexity index is 1550. The van der Waals surface area contributed by atoms with E-state index in [9.17, 15) is 13.2 Å². The molecular weight excluding hydrogens is 570 g/mol. The second-order valence-electron chi connectivity index (χ2n) is 10.2. The first kappa shape index (κ1) is 28.3. The van der Waals surface area contributed by atoms with E-state index in [1.165, 1.54) is 41.2 Å². The van der Waals surface area contributed by atoms with Crippen molar-refractivity contribution in [3.8, 4) is 22.1 Å². The van der Waals surface area contributed by atoms with E-state index in [0.29, 0.717) is 36.5 Å². The van der Waals surface area contributed by atoms with E-state index < -0.39 is 23.2 Å². The normalized spacial score (nSPS) is 17.4. The fourth-order valence-corrected chi connectivity index (χ4v) is 6.18. The lowest BCUT2D eigenvalue weighted by Gasteiger charge is -2.46. The summed E-state index contributed by atoms with van der Waals surface area (Å²) in [5, 5.41) is 12.9. The zero-order valence-corrected chi connectivity index (χ0v) is 23.2. The van der Waals surface area contributed by atoms with Crippen LogP contribution in [0.15, 0.2) is 66.3 Å². The van der Waals surface area contributed by atoms with Gasteiger partial charge in [0.25, 0.3) is 0 Å². The highest BCUT2D eigenvalue weighted by Crippen LogP contribution is 2.48. The molecule has 2 aromatic heterocycles. The summed E-state index contributed by atoms with van der Waals surface area (Å²) >= 11 is 1.21. The lowest BCUT2D eigenvalue weighted by molar-refractivity contribution is -0.138. The van der Waals surface area contributed by atoms with Crippen molar-refractivity contribution in [3.63, 3.8) is 0 Å². The Balaban J connectivity index is 1.45. The number of nitrogens with zero attached hydrogens (tertiary/aromatic N) is 4. The number of nitrogens with one attached hydrogen (secondary N) is 1. The minimum absolute atomic E-state index is 0.0211. The van der Waals surface area contributed by atoms with Gasteiger partial charge in [0, 0.05) is 29.6 Å². The van der Waals surface area contributed by atoms with Gasteiger partial charge < -0.3 is 19.7 Å². The second-order valence-corrected chi connectivity index (χ2v) is 11.0. The van der Waals surface area contributed by atoms with Gasteiger partial charge in [0.15, 0.2) is 0 Å². The largest absolute Gasteiger partial charge is 0.457 e. The molecule has 1 spiro atoms. The zero-order chi connectivity index (χ0) is 29.2. The van der Waals surface area contributed by atoms with Crippen LogP contribution in [0, 0.1) is 0 Å². The van der Waals surface area contributed by atoms with Gasteiger partial charge in [-0.3, -0.25) is 0 Å². The molecule has 4 heterocycles. The Kier molecular flexibility index (Phi) is 7.93. The molecule has 218 valence electrons. The van der Waals surface area contributed by atoms with E-state index in [1.807, 2.05) is 0 Å². The highest BCUT2D eigenvalue weighted by molar-refractivity contribution is 7.13. The molecule has 42 heavy (non-hydrogen) atoms. The molecular formula is C30H27F4N5O2S. The quantitative estimate of drug-likeness (QED) is 0.244. The Hall–Kier alpha value is -3.87. The van der Waals surface area contributed by atoms with Gasteiger partial charge in [-0.25, -0.2) is 9.37 Å². The van der Waals surface area contributed by atoms with Crippen LogP contribution in [0.3, 0.4) is 0 Å². The van der Waals surface area contributed by atoms with Crippen LogP contribution in [0.4, 0.5) is 23.2 Å². The van der Waals surface area contributed by atoms with Crippen LogP contribution in [-0.2, 0) is 10.9 Å². The summed E-state index contributed by atoms with van der Waals surface area (Å²) in [4.78, 5) is 6.02. The van der Waals surface area contributed by atoms with Crippen molar-refractivity contribution in [3.05, 3.63) is 83.1 Å². The highest BCUT2D eigenvalue weighted by Gasteiger charge is 2.44. The van der Waals surface area contributed by atoms with Crippen molar-refractivity contribution in [2.45, 2.75) is 24.6 Å². The summed E-state index contributed by atoms with van der Waals surface area (Å²) in [7, 11) is 0. The van der Waals surface area contributed by atoms with Crippen molar-refractivity contribution in [1.29, 1.82) is 0 Å². The smallest absolute Gasteiger partial charge is 0.422 e. The molecule has 0 saturated carbocycles. The van der Waals surface area contributed by atoms with Crippen LogP contribution in [0.1, 0.15) is 29.7 Å². The molecule has 2 aromatic carbocycles. The van der Waals surface area contributed by atoms with Crippen LogP contribution in [0.2, 0.25) is 0 Å². The minimum Gasteiger partial charge on any atom is -0.457 e. The molecule has 2 fully saturated rings. The van der Waals surface area contributed by atoms with E-state index in [4.69, 9.17) is 9.47 Å². The monoisotopic (exact) mass is 597 g/mol. The summed E-state index contributed by atoms with van der Waals surface area (Å²) in [6.45, 7) is 2.12. The molecule has 0 amide bonds. The van der Waals surface area contributed by atoms with Crippen LogP contribution < -0.4 is 15.0 Å². The molecule has 0 atom stereocenters. The van der Waals surface area contributed by atoms with Crippen LogP contribution in [0.5, 0.6) is 11.5 Å². The number of piperidine rings is 1. The van der Waals surface area contributed by atoms with Gasteiger partial charge in [0.1, 0.15) is 33.6 Å². The summed E-state index contributed by atoms with van der Waals surface area (Å²) in [6.07, 6.45) is 0.668. The Morgan fingerprint density at radius 2 is 1.88 bits per heavy atom. The zero-order valence-electron chi connectivity index (χ0n) is 22.4. The standard InChI is InChI=1S/C30H27F4N5O2S/c31-23(24-18-42-28(38-24)21-8-11-36-37-17-21)16-20-6-7-25(41-22-4-2-1-3-5-22)26(30(32,33)34)27(20)39-14-15-40-29(19-39)9-12-35-13-10-29/h1-8,11,16-18,35H,9-10,12-15,19H2/b23-16-. The molecule has 7 nitrogen and oxygen atoms in total. The third kappa shape index (κ3) is 6.01. The maximum atomic E-state index is 15.7. The molecule has 1 N–H and O–H groups in total. The van der Waals surface area contributed by atoms with Crippen LogP contribution in [-0.4, -0.2) is 53.6 Å². The number of hydrogen-bond acceptors (Lipinski definition) is 8. The van der Waals surface area contributed by atoms with E-state index in [2.05, 4.69) is 20.5 Å². The number of anilines is 1. The number of morpholine rings is 1. The summed E-state index contributed by atoms with van der Waals surface area (Å²) in [5.74, 6) is -0.843. The first-order valence-corrected chi connectivity index (χ1v) is 14.4. The molecule has 4 aromatic rings. The SMILES string of the molecule is F/C(=C\c1ccc(Oc2ccccc2)c(C(F)(F)F)c1N1CCOC2(CCNCC2)C1)c1csc(-c2ccnnc2)n1. The second kappa shape index (κ2) is 11.8. The summed E-state index contributed by atoms with van der Waals surface area (Å²) in [5.41, 5.74) is -0.928. The number of benzene rings is 2. The highest BCUT2D eigenvalue weighted by atomic mass is 32.1. The van der Waals surface area contributed by atoms with Crippen molar-refractivity contribution in [2.75, 3.05) is 37.7 Å². The van der Waals surface area contributed by atoms with Crippen molar-refractivity contribution in [2.24, 2.45) is 0 Å². The van der Waals surface area contributed by atoms with Gasteiger partial charge in [-0.05, 0) is 62.3 Å². The van der Waals surface area contributed by atoms with E-state index in [1.54, 1.807) is 41.3 Å². The number of alkyl halides is 3. The molecule has 2 aliphatic rings. The van der Waals surface area contributed by atoms with Gasteiger partial charge in [0.2, 0.25) is 0 Å². The molecule has 2 aliphatic heterocycles. The number of para-hydroxylation sites is 1. The number of aromatic nitrogens is 3. The number of rotatable bonds is 6. The number of ether oxygens (including phenoxy) is 2. The molecule has 0 bridgehead atoms. The van der Waals surface area contributed by atoms with Crippen LogP contribution >= 0.6 is 11.3 Å². The van der Waals surface area contributed by atoms with Gasteiger partial charge in [0.05, 0.1) is 30.3 Å². The van der Waals surface area contributed by atoms with Gasteiger partial charge in [-0.2, -0.15) is 23.4 Å². The van der Waals surface area contributed by atoms with Crippen molar-refractivity contribution < 1.29 is 27.0 Å². The van der Waals surface area contributed by atoms with Gasteiger partial charge in [-0.15, -0.1) is 11.3 Å². The van der Waals surface area contributed by atoms with E-state index >= 15 is 4.39 Å². The summed E-state index contributed by atoms with van der Waals surface area (Å²) in [6, 6.07) is 12.7. The van der Waals surface area contributed by atoms with Crippen molar-refractivity contribution in [1.82, 2.24) is 20.5 Å². The number of thiazole rings is 1. The van der Waals surface area contributed by atoms with E-state index in [-0.39, 0.29) is 48.1 Å². The Morgan fingerprint density at radius 1 is 1.07 bits per heavy atom. The minimum atomic E-state index is -4.79. The third-order valence-corrected chi connectivity index (χ3v) is 8.26. The lowest BCUT2D eigenvalue weighted by atomic mass is 9.89. The fourth-order valence-electron chi connectivity index (χ4n) is 5.38. The topological polar surface area (TPSA) is 72.4 Å². The summed E-state index contributed by atoms with van der Waals surface area (Å²) < 4.78 is 72.5. The third-order valence-electron chi connectivity index (χ3n) is 7.37. The average Bonchev–Trinajstić information content (AvgIpc) is 3.49. The molecule has 2 saturated heterocycles. The average molecular weight is 598 g/mol. The maximum Gasteiger partial charge on any atom is 0.422 e. The van der Waals surface area contributed by atoms with Gasteiger partial charge in [-0.1, -0.05) is 18.2 Å². The first-order valence-electron chi connectivity index (χ1n) is 13.5. The maximum absolute atomic E-state index is 15.7. The molecule has 0 aliphatic carbocycles.